The maximum absolute atomic E-state index is 5.46. The van der Waals surface area contributed by atoms with E-state index in [4.69, 9.17) is 4.74 Å². The van der Waals surface area contributed by atoms with Crippen molar-refractivity contribution < 1.29 is 4.74 Å². The van der Waals surface area contributed by atoms with Crippen molar-refractivity contribution in [2.24, 2.45) is 10.9 Å². The second kappa shape index (κ2) is 10.2. The largest absolute Gasteiger partial charge is 0.381 e. The van der Waals surface area contributed by atoms with E-state index < -0.39 is 0 Å². The van der Waals surface area contributed by atoms with Crippen LogP contribution in [0.5, 0.6) is 0 Å². The van der Waals surface area contributed by atoms with Crippen LogP contribution in [0.2, 0.25) is 0 Å². The number of hydrogen-bond donors (Lipinski definition) is 1. The molecule has 0 aliphatic carbocycles. The molecule has 1 N–H and O–H groups in total. The van der Waals surface area contributed by atoms with Gasteiger partial charge < -0.3 is 19.9 Å². The fraction of sp³-hybridized carbons (Fsp3) is 0.632. The van der Waals surface area contributed by atoms with Gasteiger partial charge in [-0.2, -0.15) is 0 Å². The van der Waals surface area contributed by atoms with Crippen molar-refractivity contribution in [3.05, 3.63) is 30.3 Å². The van der Waals surface area contributed by atoms with Crippen LogP contribution in [-0.4, -0.2) is 64.3 Å². The van der Waals surface area contributed by atoms with E-state index in [9.17, 15) is 0 Å². The number of aliphatic imine (C=N–C) groups is 1. The molecule has 1 aliphatic heterocycles. The van der Waals surface area contributed by atoms with E-state index in [-0.39, 0.29) is 0 Å². The molecule has 1 unspecified atom stereocenters. The van der Waals surface area contributed by atoms with Gasteiger partial charge in [-0.15, -0.1) is 0 Å². The molecule has 1 aromatic rings. The quantitative estimate of drug-likeness (QED) is 0.451. The SMILES string of the molecule is CCN(CCCNC(=NC)N(C)CC1CCOC1)c1ccccc1. The first-order valence-electron chi connectivity index (χ1n) is 9.04. The van der Waals surface area contributed by atoms with E-state index in [2.05, 4.69) is 64.4 Å². The number of nitrogens with zero attached hydrogens (tertiary/aromatic N) is 3. The number of rotatable bonds is 8. The van der Waals surface area contributed by atoms with Gasteiger partial charge in [-0.25, -0.2) is 0 Å². The van der Waals surface area contributed by atoms with Crippen LogP contribution in [0.3, 0.4) is 0 Å². The van der Waals surface area contributed by atoms with Crippen molar-refractivity contribution in [2.75, 3.05) is 58.4 Å². The number of para-hydroxylation sites is 1. The van der Waals surface area contributed by atoms with E-state index in [1.165, 1.54) is 5.69 Å². The average Bonchev–Trinajstić information content (AvgIpc) is 3.12. The van der Waals surface area contributed by atoms with Gasteiger partial charge in [0.25, 0.3) is 0 Å². The van der Waals surface area contributed by atoms with Gasteiger partial charge in [-0.05, 0) is 31.9 Å². The zero-order chi connectivity index (χ0) is 17.2. The van der Waals surface area contributed by atoms with Gasteiger partial charge in [0.2, 0.25) is 0 Å². The van der Waals surface area contributed by atoms with E-state index in [1.807, 2.05) is 7.05 Å². The molecule has 134 valence electrons. The average molecular weight is 332 g/mol. The van der Waals surface area contributed by atoms with Crippen LogP contribution in [0, 0.1) is 5.92 Å². The van der Waals surface area contributed by atoms with Crippen LogP contribution in [-0.2, 0) is 4.74 Å². The van der Waals surface area contributed by atoms with Crippen molar-refractivity contribution in [1.82, 2.24) is 10.2 Å². The molecule has 1 aliphatic rings. The maximum Gasteiger partial charge on any atom is 0.193 e. The topological polar surface area (TPSA) is 40.1 Å². The summed E-state index contributed by atoms with van der Waals surface area (Å²) in [5.41, 5.74) is 1.29. The van der Waals surface area contributed by atoms with Crippen molar-refractivity contribution in [3.8, 4) is 0 Å². The Kier molecular flexibility index (Phi) is 7.89. The van der Waals surface area contributed by atoms with Crippen LogP contribution < -0.4 is 10.2 Å². The minimum absolute atomic E-state index is 0.627. The lowest BCUT2D eigenvalue weighted by atomic mass is 10.1. The summed E-state index contributed by atoms with van der Waals surface area (Å²) in [4.78, 5) is 9.03. The Bertz CT molecular complexity index is 485. The number of ether oxygens (including phenoxy) is 1. The van der Waals surface area contributed by atoms with Gasteiger partial charge in [0.15, 0.2) is 5.96 Å². The van der Waals surface area contributed by atoms with Gasteiger partial charge in [0.1, 0.15) is 0 Å². The molecular formula is C19H32N4O. The molecule has 0 aromatic heterocycles. The summed E-state index contributed by atoms with van der Waals surface area (Å²) in [6, 6.07) is 10.6. The minimum Gasteiger partial charge on any atom is -0.381 e. The first-order valence-corrected chi connectivity index (χ1v) is 9.04. The van der Waals surface area contributed by atoms with Crippen LogP contribution in [0.1, 0.15) is 19.8 Å². The Hall–Kier alpha value is -1.75. The molecule has 0 spiro atoms. The van der Waals surface area contributed by atoms with E-state index in [0.29, 0.717) is 5.92 Å². The van der Waals surface area contributed by atoms with Crippen LogP contribution in [0.25, 0.3) is 0 Å². The molecule has 1 fully saturated rings. The van der Waals surface area contributed by atoms with E-state index >= 15 is 0 Å². The molecule has 5 nitrogen and oxygen atoms in total. The molecule has 1 aromatic carbocycles. The summed E-state index contributed by atoms with van der Waals surface area (Å²) < 4.78 is 5.46. The Balaban J connectivity index is 1.71. The fourth-order valence-electron chi connectivity index (χ4n) is 3.16. The summed E-state index contributed by atoms with van der Waals surface area (Å²) >= 11 is 0. The predicted octanol–water partition coefficient (Wildman–Crippen LogP) is 2.45. The third-order valence-corrected chi connectivity index (χ3v) is 4.52. The zero-order valence-electron chi connectivity index (χ0n) is 15.4. The third-order valence-electron chi connectivity index (χ3n) is 4.52. The highest BCUT2D eigenvalue weighted by Gasteiger charge is 2.18. The molecule has 0 saturated carbocycles. The minimum atomic E-state index is 0.627. The monoisotopic (exact) mass is 332 g/mol. The standard InChI is InChI=1S/C19H32N4O/c1-4-23(18-9-6-5-7-10-18)13-8-12-21-19(20-2)22(3)15-17-11-14-24-16-17/h5-7,9-10,17H,4,8,11-16H2,1-3H3,(H,20,21). The Morgan fingerprint density at radius 3 is 2.75 bits per heavy atom. The highest BCUT2D eigenvalue weighted by atomic mass is 16.5. The second-order valence-corrected chi connectivity index (χ2v) is 6.35. The van der Waals surface area contributed by atoms with Gasteiger partial charge in [0.05, 0.1) is 6.61 Å². The zero-order valence-corrected chi connectivity index (χ0v) is 15.4. The molecule has 1 atom stereocenters. The predicted molar refractivity (Wildman–Crippen MR) is 102 cm³/mol. The molecule has 1 heterocycles. The van der Waals surface area contributed by atoms with Gasteiger partial charge in [-0.3, -0.25) is 4.99 Å². The molecule has 24 heavy (non-hydrogen) atoms. The van der Waals surface area contributed by atoms with Crippen molar-refractivity contribution in [3.63, 3.8) is 0 Å². The molecule has 5 heteroatoms. The third kappa shape index (κ3) is 5.71. The molecular weight excluding hydrogens is 300 g/mol. The highest BCUT2D eigenvalue weighted by Crippen LogP contribution is 2.14. The maximum atomic E-state index is 5.46. The van der Waals surface area contributed by atoms with Crippen LogP contribution in [0.4, 0.5) is 5.69 Å². The smallest absolute Gasteiger partial charge is 0.193 e. The van der Waals surface area contributed by atoms with Crippen LogP contribution in [0.15, 0.2) is 35.3 Å². The Morgan fingerprint density at radius 2 is 2.12 bits per heavy atom. The van der Waals surface area contributed by atoms with Crippen LogP contribution >= 0.6 is 0 Å². The Morgan fingerprint density at radius 1 is 1.33 bits per heavy atom. The lowest BCUT2D eigenvalue weighted by Gasteiger charge is -2.26. The lowest BCUT2D eigenvalue weighted by Crippen LogP contribution is -2.42. The first-order chi connectivity index (χ1) is 11.7. The van der Waals surface area contributed by atoms with E-state index in [1.54, 1.807) is 0 Å². The van der Waals surface area contributed by atoms with Gasteiger partial charge >= 0.3 is 0 Å². The molecule has 2 rings (SSSR count). The summed E-state index contributed by atoms with van der Waals surface area (Å²) in [5.74, 6) is 1.60. The lowest BCUT2D eigenvalue weighted by molar-refractivity contribution is 0.181. The highest BCUT2D eigenvalue weighted by molar-refractivity contribution is 5.79. The van der Waals surface area contributed by atoms with Crippen molar-refractivity contribution in [1.29, 1.82) is 0 Å². The summed E-state index contributed by atoms with van der Waals surface area (Å²) in [7, 11) is 3.96. The normalized spacial score (nSPS) is 17.8. The number of hydrogen-bond acceptors (Lipinski definition) is 3. The number of guanidine groups is 1. The van der Waals surface area contributed by atoms with Crippen molar-refractivity contribution in [2.45, 2.75) is 19.8 Å². The molecule has 1 saturated heterocycles. The molecule has 0 bridgehead atoms. The Labute approximate surface area is 146 Å². The van der Waals surface area contributed by atoms with Gasteiger partial charge in [0, 0.05) is 58.5 Å². The van der Waals surface area contributed by atoms with Crippen molar-refractivity contribution >= 4 is 11.6 Å². The fourth-order valence-corrected chi connectivity index (χ4v) is 3.16. The first kappa shape index (κ1) is 18.6. The number of nitrogens with one attached hydrogen (secondary N) is 1. The summed E-state index contributed by atoms with van der Waals surface area (Å²) in [6.45, 7) is 7.99. The number of anilines is 1. The number of benzene rings is 1. The summed E-state index contributed by atoms with van der Waals surface area (Å²) in [6.07, 6.45) is 2.24. The summed E-state index contributed by atoms with van der Waals surface area (Å²) in [5, 5.41) is 3.48. The molecule has 0 radical (unpaired) electrons. The van der Waals surface area contributed by atoms with E-state index in [0.717, 1.165) is 58.2 Å². The molecule has 0 amide bonds. The van der Waals surface area contributed by atoms with Gasteiger partial charge in [-0.1, -0.05) is 18.2 Å². The second-order valence-electron chi connectivity index (χ2n) is 6.35.